The van der Waals surface area contributed by atoms with Crippen LogP contribution in [0.3, 0.4) is 0 Å². The fourth-order valence-electron chi connectivity index (χ4n) is 2.43. The molecule has 2 N–H and O–H groups in total. The maximum atomic E-state index is 11.4. The van der Waals surface area contributed by atoms with Crippen molar-refractivity contribution in [3.63, 3.8) is 0 Å². The smallest absolute Gasteiger partial charge is 0.217 e. The maximum absolute atomic E-state index is 11.4. The van der Waals surface area contributed by atoms with Crippen LogP contribution in [0, 0.1) is 5.92 Å². The van der Waals surface area contributed by atoms with Gasteiger partial charge in [-0.25, -0.2) is 0 Å². The Morgan fingerprint density at radius 3 is 2.65 bits per heavy atom. The summed E-state index contributed by atoms with van der Waals surface area (Å²) < 4.78 is 11.7. The summed E-state index contributed by atoms with van der Waals surface area (Å²) in [6.45, 7) is 10.5. The van der Waals surface area contributed by atoms with Crippen LogP contribution in [0.5, 0.6) is 0 Å². The van der Waals surface area contributed by atoms with Crippen LogP contribution in [0.1, 0.15) is 13.8 Å². The number of hydrogen-bond acceptors (Lipinski definition) is 5. The van der Waals surface area contributed by atoms with Crippen molar-refractivity contribution in [2.75, 3.05) is 13.2 Å². The number of nitrogens with zero attached hydrogens (tertiary/aromatic N) is 3. The minimum atomic E-state index is -1.26. The molecular weight excluding hydrogens is 316 g/mol. The second kappa shape index (κ2) is 8.65. The van der Waals surface area contributed by atoms with E-state index in [9.17, 15) is 9.90 Å². The van der Waals surface area contributed by atoms with E-state index in [0.717, 1.165) is 6.04 Å². The zero-order chi connectivity index (χ0) is 17.6. The van der Waals surface area contributed by atoms with Crippen LogP contribution >= 0.6 is 0 Å². The van der Waals surface area contributed by atoms with E-state index < -0.39 is 32.6 Å². The molecule has 8 nitrogen and oxygen atoms in total. The molecule has 0 aliphatic carbocycles. The number of nitrogens with one attached hydrogen (secondary N) is 1. The van der Waals surface area contributed by atoms with Crippen LogP contribution in [0.2, 0.25) is 25.7 Å². The Labute approximate surface area is 138 Å². The van der Waals surface area contributed by atoms with Crippen molar-refractivity contribution in [2.24, 2.45) is 11.0 Å². The van der Waals surface area contributed by atoms with Gasteiger partial charge in [-0.1, -0.05) is 31.7 Å². The molecule has 0 aromatic heterocycles. The van der Waals surface area contributed by atoms with Crippen molar-refractivity contribution >= 4 is 14.0 Å². The van der Waals surface area contributed by atoms with Crippen molar-refractivity contribution in [1.82, 2.24) is 5.32 Å². The topological polar surface area (TPSA) is 117 Å². The summed E-state index contributed by atoms with van der Waals surface area (Å²) in [5.41, 5.74) is 8.47. The SMILES string of the molecule is CC(=O)NC1[C@H](OCC[Si](C)(C)C)OC(CN=[N+]=[N-])[C@@H](C)[C@@H]1O. The van der Waals surface area contributed by atoms with Crippen LogP contribution in [0.4, 0.5) is 0 Å². The van der Waals surface area contributed by atoms with Gasteiger partial charge in [-0.2, -0.15) is 0 Å². The molecule has 1 rings (SSSR count). The summed E-state index contributed by atoms with van der Waals surface area (Å²) in [7, 11) is -1.26. The third-order valence-corrected chi connectivity index (χ3v) is 5.63. The fraction of sp³-hybridized carbons (Fsp3) is 0.929. The van der Waals surface area contributed by atoms with Crippen LogP contribution in [0.25, 0.3) is 10.4 Å². The quantitative estimate of drug-likeness (QED) is 0.317. The Morgan fingerprint density at radius 1 is 1.48 bits per heavy atom. The molecule has 0 radical (unpaired) electrons. The zero-order valence-electron chi connectivity index (χ0n) is 14.5. The number of amides is 1. The van der Waals surface area contributed by atoms with Crippen molar-refractivity contribution in [3.8, 4) is 0 Å². The Hall–Kier alpha value is -1.12. The Bertz CT molecular complexity index is 451. The fourth-order valence-corrected chi connectivity index (χ4v) is 3.16. The van der Waals surface area contributed by atoms with Gasteiger partial charge < -0.3 is 19.9 Å². The number of azide groups is 1. The molecule has 0 aromatic carbocycles. The van der Waals surface area contributed by atoms with Gasteiger partial charge in [0.05, 0.1) is 18.8 Å². The van der Waals surface area contributed by atoms with Gasteiger partial charge in [0.2, 0.25) is 5.91 Å². The summed E-state index contributed by atoms with van der Waals surface area (Å²) in [5, 5.41) is 16.7. The lowest BCUT2D eigenvalue weighted by Crippen LogP contribution is -2.61. The predicted molar refractivity (Wildman–Crippen MR) is 89.6 cm³/mol. The number of aliphatic hydroxyl groups is 1. The normalized spacial score (nSPS) is 31.3. The van der Waals surface area contributed by atoms with Gasteiger partial charge in [-0.3, -0.25) is 4.79 Å². The number of carbonyl (C=O) groups is 1. The monoisotopic (exact) mass is 344 g/mol. The predicted octanol–water partition coefficient (Wildman–Crippen LogP) is 1.88. The molecule has 2 unspecified atom stereocenters. The number of rotatable bonds is 7. The standard InChI is InChI=1S/C14H28N4O4Si/c1-9-11(8-16-18-15)22-14(21-6-7-23(3,4)5)12(13(9)20)17-10(2)19/h9,11-14,20H,6-8H2,1-5H3,(H,17,19)/t9-,11?,12?,13+,14-/m1/s1. The van der Waals surface area contributed by atoms with E-state index >= 15 is 0 Å². The molecule has 0 bridgehead atoms. The van der Waals surface area contributed by atoms with E-state index in [4.69, 9.17) is 15.0 Å². The second-order valence-corrected chi connectivity index (χ2v) is 12.8. The second-order valence-electron chi connectivity index (χ2n) is 7.21. The first-order valence-electron chi connectivity index (χ1n) is 7.89. The van der Waals surface area contributed by atoms with E-state index in [-0.39, 0.29) is 18.4 Å². The third-order valence-electron chi connectivity index (χ3n) is 3.92. The van der Waals surface area contributed by atoms with Gasteiger partial charge in [-0.15, -0.1) is 0 Å². The number of ether oxygens (including phenoxy) is 2. The summed E-state index contributed by atoms with van der Waals surface area (Å²) in [6.07, 6.45) is -2.02. The summed E-state index contributed by atoms with van der Waals surface area (Å²) in [5.74, 6) is -0.536. The van der Waals surface area contributed by atoms with Gasteiger partial charge in [0.1, 0.15) is 6.04 Å². The highest BCUT2D eigenvalue weighted by atomic mass is 28.3. The zero-order valence-corrected chi connectivity index (χ0v) is 15.5. The van der Waals surface area contributed by atoms with E-state index in [2.05, 4.69) is 35.0 Å². The molecular formula is C14H28N4O4Si. The lowest BCUT2D eigenvalue weighted by atomic mass is 9.89. The average molecular weight is 344 g/mol. The van der Waals surface area contributed by atoms with Gasteiger partial charge in [0.15, 0.2) is 6.29 Å². The molecule has 132 valence electrons. The van der Waals surface area contributed by atoms with E-state index in [1.54, 1.807) is 6.92 Å². The average Bonchev–Trinajstić information content (AvgIpc) is 2.43. The van der Waals surface area contributed by atoms with E-state index in [1.807, 2.05) is 0 Å². The lowest BCUT2D eigenvalue weighted by Gasteiger charge is -2.43. The van der Waals surface area contributed by atoms with Crippen LogP contribution < -0.4 is 5.32 Å². The Kier molecular flexibility index (Phi) is 7.49. The molecule has 0 aromatic rings. The van der Waals surface area contributed by atoms with Gasteiger partial charge in [0, 0.05) is 32.4 Å². The molecule has 1 aliphatic rings. The maximum Gasteiger partial charge on any atom is 0.217 e. The molecule has 9 heteroatoms. The minimum Gasteiger partial charge on any atom is -0.390 e. The molecule has 5 atom stereocenters. The molecule has 0 spiro atoms. The lowest BCUT2D eigenvalue weighted by molar-refractivity contribution is -0.244. The number of aliphatic hydroxyl groups excluding tert-OH is 1. The van der Waals surface area contributed by atoms with E-state index in [0.29, 0.717) is 6.61 Å². The highest BCUT2D eigenvalue weighted by molar-refractivity contribution is 6.76. The Morgan fingerprint density at radius 2 is 2.13 bits per heavy atom. The summed E-state index contributed by atoms with van der Waals surface area (Å²) in [6, 6.07) is 0.318. The first kappa shape index (κ1) is 19.9. The van der Waals surface area contributed by atoms with Crippen LogP contribution in [0.15, 0.2) is 5.11 Å². The van der Waals surface area contributed by atoms with Crippen molar-refractivity contribution < 1.29 is 19.4 Å². The van der Waals surface area contributed by atoms with Crippen LogP contribution in [-0.4, -0.2) is 56.8 Å². The number of carbonyl (C=O) groups excluding carboxylic acids is 1. The Balaban J connectivity index is 2.80. The third kappa shape index (κ3) is 6.48. The first-order valence-corrected chi connectivity index (χ1v) is 11.6. The summed E-state index contributed by atoms with van der Waals surface area (Å²) >= 11 is 0. The molecule has 0 saturated carbocycles. The molecule has 1 saturated heterocycles. The molecule has 1 aliphatic heterocycles. The van der Waals surface area contributed by atoms with Crippen LogP contribution in [-0.2, 0) is 14.3 Å². The molecule has 1 amide bonds. The van der Waals surface area contributed by atoms with Crippen molar-refractivity contribution in [1.29, 1.82) is 0 Å². The molecule has 1 heterocycles. The van der Waals surface area contributed by atoms with E-state index in [1.165, 1.54) is 6.92 Å². The van der Waals surface area contributed by atoms with Gasteiger partial charge in [-0.05, 0) is 11.6 Å². The molecule has 1 fully saturated rings. The molecule has 23 heavy (non-hydrogen) atoms. The number of hydrogen-bond donors (Lipinski definition) is 2. The minimum absolute atomic E-state index is 0.120. The highest BCUT2D eigenvalue weighted by Crippen LogP contribution is 2.27. The highest BCUT2D eigenvalue weighted by Gasteiger charge is 2.43. The van der Waals surface area contributed by atoms with Gasteiger partial charge in [0.25, 0.3) is 0 Å². The van der Waals surface area contributed by atoms with Crippen molar-refractivity contribution in [2.45, 2.75) is 64.1 Å². The first-order chi connectivity index (χ1) is 10.7. The largest absolute Gasteiger partial charge is 0.390 e. The van der Waals surface area contributed by atoms with Crippen molar-refractivity contribution in [3.05, 3.63) is 10.4 Å². The van der Waals surface area contributed by atoms with Gasteiger partial charge >= 0.3 is 0 Å². The summed E-state index contributed by atoms with van der Waals surface area (Å²) in [4.78, 5) is 14.1.